The molecule has 0 heterocycles. The van der Waals surface area contributed by atoms with Gasteiger partial charge in [0.15, 0.2) is 0 Å². The Morgan fingerprint density at radius 2 is 2.28 bits per heavy atom. The third kappa shape index (κ3) is 3.07. The molecular weight excluding hydrogens is 231 g/mol. The number of hydrogen-bond acceptors (Lipinski definition) is 2. The van der Waals surface area contributed by atoms with E-state index in [1.165, 1.54) is 12.1 Å². The second kappa shape index (κ2) is 5.48. The summed E-state index contributed by atoms with van der Waals surface area (Å²) in [5, 5.41) is 0. The van der Waals surface area contributed by atoms with Gasteiger partial charge in [-0.1, -0.05) is 19.1 Å². The Labute approximate surface area is 107 Å². The van der Waals surface area contributed by atoms with Crippen molar-refractivity contribution in [3.05, 3.63) is 35.6 Å². The molecule has 0 aliphatic heterocycles. The van der Waals surface area contributed by atoms with Crippen LogP contribution in [-0.2, 0) is 11.3 Å². The van der Waals surface area contributed by atoms with Gasteiger partial charge in [-0.25, -0.2) is 4.39 Å². The van der Waals surface area contributed by atoms with Crippen LogP contribution in [0.1, 0.15) is 31.7 Å². The van der Waals surface area contributed by atoms with Crippen LogP contribution in [0.15, 0.2) is 24.3 Å². The van der Waals surface area contributed by atoms with Crippen LogP contribution in [0.4, 0.5) is 4.39 Å². The molecule has 4 heteroatoms. The van der Waals surface area contributed by atoms with Gasteiger partial charge in [-0.15, -0.1) is 0 Å². The molecule has 18 heavy (non-hydrogen) atoms. The molecule has 0 spiro atoms. The Hall–Kier alpha value is -1.42. The fourth-order valence-electron chi connectivity index (χ4n) is 1.99. The Bertz CT molecular complexity index is 432. The Morgan fingerprint density at radius 3 is 2.83 bits per heavy atom. The highest BCUT2D eigenvalue weighted by Gasteiger charge is 2.34. The number of nitrogens with zero attached hydrogens (tertiary/aromatic N) is 1. The summed E-state index contributed by atoms with van der Waals surface area (Å²) in [5.41, 5.74) is 6.62. The van der Waals surface area contributed by atoms with Crippen LogP contribution < -0.4 is 5.73 Å². The van der Waals surface area contributed by atoms with E-state index in [1.807, 2.05) is 13.0 Å². The molecule has 2 rings (SSSR count). The van der Waals surface area contributed by atoms with E-state index in [4.69, 9.17) is 5.73 Å². The molecule has 1 saturated carbocycles. The van der Waals surface area contributed by atoms with Gasteiger partial charge in [0, 0.05) is 12.6 Å². The number of benzene rings is 1. The lowest BCUT2D eigenvalue weighted by Gasteiger charge is -2.25. The van der Waals surface area contributed by atoms with Crippen LogP contribution >= 0.6 is 0 Å². The predicted octanol–water partition coefficient (Wildman–Crippen LogP) is 2.05. The SMILES string of the molecule is CCC(N)C(=O)N(Cc1cccc(F)c1)C1CC1. The molecular formula is C14H19FN2O. The number of amides is 1. The number of halogens is 1. The third-order valence-corrected chi connectivity index (χ3v) is 3.27. The molecule has 0 radical (unpaired) electrons. The van der Waals surface area contributed by atoms with Crippen LogP contribution in [0, 0.1) is 5.82 Å². The number of carbonyl (C=O) groups excluding carboxylic acids is 1. The van der Waals surface area contributed by atoms with Crippen LogP contribution in [-0.4, -0.2) is 22.9 Å². The summed E-state index contributed by atoms with van der Waals surface area (Å²) in [6.07, 6.45) is 2.68. The van der Waals surface area contributed by atoms with E-state index >= 15 is 0 Å². The molecule has 98 valence electrons. The fraction of sp³-hybridized carbons (Fsp3) is 0.500. The van der Waals surface area contributed by atoms with E-state index in [0.29, 0.717) is 19.0 Å². The first-order valence-electron chi connectivity index (χ1n) is 6.42. The van der Waals surface area contributed by atoms with Crippen LogP contribution in [0.2, 0.25) is 0 Å². The van der Waals surface area contributed by atoms with Crippen molar-refractivity contribution >= 4 is 5.91 Å². The lowest BCUT2D eigenvalue weighted by atomic mass is 10.1. The smallest absolute Gasteiger partial charge is 0.240 e. The van der Waals surface area contributed by atoms with Crippen molar-refractivity contribution in [1.29, 1.82) is 0 Å². The first-order valence-corrected chi connectivity index (χ1v) is 6.42. The summed E-state index contributed by atoms with van der Waals surface area (Å²) < 4.78 is 13.1. The molecule has 0 bridgehead atoms. The van der Waals surface area contributed by atoms with Gasteiger partial charge in [0.25, 0.3) is 0 Å². The summed E-state index contributed by atoms with van der Waals surface area (Å²) in [6.45, 7) is 2.35. The van der Waals surface area contributed by atoms with Gasteiger partial charge in [0.1, 0.15) is 5.82 Å². The average molecular weight is 250 g/mol. The topological polar surface area (TPSA) is 46.3 Å². The first kappa shape index (κ1) is 13.0. The van der Waals surface area contributed by atoms with Gasteiger partial charge in [-0.2, -0.15) is 0 Å². The summed E-state index contributed by atoms with van der Waals surface area (Å²) >= 11 is 0. The number of nitrogens with two attached hydrogens (primary N) is 1. The van der Waals surface area contributed by atoms with E-state index in [0.717, 1.165) is 18.4 Å². The summed E-state index contributed by atoms with van der Waals surface area (Å²) in [4.78, 5) is 13.9. The van der Waals surface area contributed by atoms with Crippen molar-refractivity contribution in [1.82, 2.24) is 4.90 Å². The molecule has 1 aliphatic carbocycles. The Morgan fingerprint density at radius 1 is 1.56 bits per heavy atom. The van der Waals surface area contributed by atoms with Crippen molar-refractivity contribution < 1.29 is 9.18 Å². The van der Waals surface area contributed by atoms with E-state index in [1.54, 1.807) is 11.0 Å². The first-order chi connectivity index (χ1) is 8.61. The summed E-state index contributed by atoms with van der Waals surface area (Å²) in [5.74, 6) is -0.292. The zero-order valence-corrected chi connectivity index (χ0v) is 10.6. The predicted molar refractivity (Wildman–Crippen MR) is 68.2 cm³/mol. The number of hydrogen-bond donors (Lipinski definition) is 1. The highest BCUT2D eigenvalue weighted by Crippen LogP contribution is 2.29. The van der Waals surface area contributed by atoms with Gasteiger partial charge < -0.3 is 10.6 Å². The van der Waals surface area contributed by atoms with Gasteiger partial charge in [0.2, 0.25) is 5.91 Å². The normalized spacial score (nSPS) is 16.4. The Balaban J connectivity index is 2.09. The third-order valence-electron chi connectivity index (χ3n) is 3.27. The van der Waals surface area contributed by atoms with Crippen molar-refractivity contribution in [3.8, 4) is 0 Å². The zero-order valence-electron chi connectivity index (χ0n) is 10.6. The average Bonchev–Trinajstić information content (AvgIpc) is 3.18. The van der Waals surface area contributed by atoms with E-state index < -0.39 is 6.04 Å². The highest BCUT2D eigenvalue weighted by atomic mass is 19.1. The van der Waals surface area contributed by atoms with Crippen molar-refractivity contribution in [2.45, 2.75) is 44.8 Å². The van der Waals surface area contributed by atoms with Crippen LogP contribution in [0.5, 0.6) is 0 Å². The van der Waals surface area contributed by atoms with E-state index in [9.17, 15) is 9.18 Å². The molecule has 1 atom stereocenters. The molecule has 2 N–H and O–H groups in total. The number of carbonyl (C=O) groups is 1. The Kier molecular flexibility index (Phi) is 3.97. The minimum absolute atomic E-state index is 0.0238. The van der Waals surface area contributed by atoms with Gasteiger partial charge in [-0.05, 0) is 37.0 Å². The molecule has 1 aromatic rings. The molecule has 1 unspecified atom stereocenters. The molecule has 1 amide bonds. The maximum absolute atomic E-state index is 13.1. The molecule has 3 nitrogen and oxygen atoms in total. The second-order valence-corrected chi connectivity index (χ2v) is 4.84. The standard InChI is InChI=1S/C14H19FN2O/c1-2-13(16)14(18)17(12-6-7-12)9-10-4-3-5-11(15)8-10/h3-5,8,12-13H,2,6-7,9,16H2,1H3. The molecule has 0 aromatic heterocycles. The second-order valence-electron chi connectivity index (χ2n) is 4.84. The van der Waals surface area contributed by atoms with Gasteiger partial charge >= 0.3 is 0 Å². The minimum atomic E-state index is -0.445. The van der Waals surface area contributed by atoms with E-state index in [-0.39, 0.29) is 11.7 Å². The molecule has 0 saturated heterocycles. The quantitative estimate of drug-likeness (QED) is 0.869. The lowest BCUT2D eigenvalue weighted by molar-refractivity contribution is -0.133. The van der Waals surface area contributed by atoms with Gasteiger partial charge in [0.05, 0.1) is 6.04 Å². The molecule has 1 aliphatic rings. The van der Waals surface area contributed by atoms with Crippen LogP contribution in [0.3, 0.4) is 0 Å². The van der Waals surface area contributed by atoms with E-state index in [2.05, 4.69) is 0 Å². The minimum Gasteiger partial charge on any atom is -0.334 e. The van der Waals surface area contributed by atoms with Crippen molar-refractivity contribution in [3.63, 3.8) is 0 Å². The van der Waals surface area contributed by atoms with Crippen LogP contribution in [0.25, 0.3) is 0 Å². The lowest BCUT2D eigenvalue weighted by Crippen LogP contribution is -2.44. The summed E-state index contributed by atoms with van der Waals surface area (Å²) in [6, 6.07) is 6.23. The summed E-state index contributed by atoms with van der Waals surface area (Å²) in [7, 11) is 0. The monoisotopic (exact) mass is 250 g/mol. The maximum atomic E-state index is 13.1. The van der Waals surface area contributed by atoms with Gasteiger partial charge in [-0.3, -0.25) is 4.79 Å². The highest BCUT2D eigenvalue weighted by molar-refractivity contribution is 5.82. The largest absolute Gasteiger partial charge is 0.334 e. The number of rotatable bonds is 5. The maximum Gasteiger partial charge on any atom is 0.240 e. The van der Waals surface area contributed by atoms with Crippen molar-refractivity contribution in [2.24, 2.45) is 5.73 Å². The van der Waals surface area contributed by atoms with Crippen molar-refractivity contribution in [2.75, 3.05) is 0 Å². The molecule has 1 fully saturated rings. The fourth-order valence-corrected chi connectivity index (χ4v) is 1.99. The zero-order chi connectivity index (χ0) is 13.1. The molecule has 1 aromatic carbocycles.